The van der Waals surface area contributed by atoms with Crippen LogP contribution < -0.4 is 9.62 Å². The number of aromatic nitrogens is 4. The Morgan fingerprint density at radius 3 is 2.38 bits per heavy atom. The molecular weight excluding hydrogens is 430 g/mol. The van der Waals surface area contributed by atoms with Crippen LogP contribution in [0.1, 0.15) is 12.0 Å². The molecule has 3 aromatic rings. The molecule has 4 rings (SSSR count). The van der Waals surface area contributed by atoms with Crippen molar-refractivity contribution < 1.29 is 13.2 Å². The Balaban J connectivity index is 1.28. The summed E-state index contributed by atoms with van der Waals surface area (Å²) in [5.41, 5.74) is 1.85. The molecule has 1 fully saturated rings. The van der Waals surface area contributed by atoms with Crippen molar-refractivity contribution in [1.82, 2.24) is 29.8 Å². The molecule has 168 valence electrons. The number of nitrogens with one attached hydrogen (secondary N) is 1. The molecule has 1 N–H and O–H groups in total. The first-order valence-corrected chi connectivity index (χ1v) is 11.9. The van der Waals surface area contributed by atoms with E-state index < -0.39 is 10.0 Å². The Morgan fingerprint density at radius 2 is 1.69 bits per heavy atom. The van der Waals surface area contributed by atoms with Gasteiger partial charge in [0.05, 0.1) is 10.6 Å². The molecule has 10 nitrogen and oxygen atoms in total. The highest BCUT2D eigenvalue weighted by molar-refractivity contribution is 7.89. The summed E-state index contributed by atoms with van der Waals surface area (Å²) < 4.78 is 28.9. The zero-order chi connectivity index (χ0) is 22.6. The van der Waals surface area contributed by atoms with E-state index in [4.69, 9.17) is 0 Å². The molecule has 1 amide bonds. The van der Waals surface area contributed by atoms with Crippen molar-refractivity contribution in [3.8, 4) is 5.69 Å². The number of rotatable bonds is 7. The Labute approximate surface area is 186 Å². The van der Waals surface area contributed by atoms with E-state index in [1.54, 1.807) is 33.8 Å². The summed E-state index contributed by atoms with van der Waals surface area (Å²) in [6.07, 6.45) is 0.104. The van der Waals surface area contributed by atoms with Gasteiger partial charge in [0.15, 0.2) is 0 Å². The minimum absolute atomic E-state index is 0.0571. The molecule has 32 heavy (non-hydrogen) atoms. The molecule has 0 radical (unpaired) electrons. The van der Waals surface area contributed by atoms with E-state index in [0.717, 1.165) is 11.3 Å². The van der Waals surface area contributed by atoms with Crippen molar-refractivity contribution in [2.75, 3.05) is 37.6 Å². The van der Waals surface area contributed by atoms with Gasteiger partial charge in [-0.05, 0) is 41.6 Å². The largest absolute Gasteiger partial charge is 0.339 e. The lowest BCUT2D eigenvalue weighted by molar-refractivity contribution is -0.131. The standard InChI is InChI=1S/C21H25N7O3S/c1-17-7-9-19(10-8-17)32(30,31)22-12-11-20(29)26-13-15-27(16-14-26)21-23-24-25-28(21)18-5-3-2-4-6-18/h2-10,22H,11-16H2,1H3. The van der Waals surface area contributed by atoms with Crippen molar-refractivity contribution >= 4 is 21.9 Å². The van der Waals surface area contributed by atoms with Crippen LogP contribution in [-0.2, 0) is 14.8 Å². The third kappa shape index (κ3) is 4.94. The van der Waals surface area contributed by atoms with E-state index in [0.29, 0.717) is 32.1 Å². The Hall–Kier alpha value is -3.31. The average Bonchev–Trinajstić information content (AvgIpc) is 3.30. The summed E-state index contributed by atoms with van der Waals surface area (Å²) >= 11 is 0. The second-order valence-electron chi connectivity index (χ2n) is 7.55. The quantitative estimate of drug-likeness (QED) is 0.565. The highest BCUT2D eigenvalue weighted by Gasteiger charge is 2.25. The smallest absolute Gasteiger partial charge is 0.250 e. The summed E-state index contributed by atoms with van der Waals surface area (Å²) in [6, 6.07) is 16.2. The normalized spacial score (nSPS) is 14.5. The molecule has 0 spiro atoms. The van der Waals surface area contributed by atoms with Crippen molar-refractivity contribution in [2.45, 2.75) is 18.2 Å². The number of benzene rings is 2. The number of para-hydroxylation sites is 1. The van der Waals surface area contributed by atoms with Crippen LogP contribution in [0.25, 0.3) is 5.69 Å². The molecule has 1 aromatic heterocycles. The first-order valence-electron chi connectivity index (χ1n) is 10.4. The number of amides is 1. The SMILES string of the molecule is Cc1ccc(S(=O)(=O)NCCC(=O)N2CCN(c3nnnn3-c3ccccc3)CC2)cc1. The molecule has 2 aromatic carbocycles. The van der Waals surface area contributed by atoms with Gasteiger partial charge in [0.25, 0.3) is 0 Å². The van der Waals surface area contributed by atoms with Gasteiger partial charge in [-0.3, -0.25) is 4.79 Å². The Morgan fingerprint density at radius 1 is 1.00 bits per heavy atom. The summed E-state index contributed by atoms with van der Waals surface area (Å²) in [5.74, 6) is 0.549. The Kier molecular flexibility index (Phi) is 6.47. The minimum Gasteiger partial charge on any atom is -0.339 e. The van der Waals surface area contributed by atoms with Crippen LogP contribution in [0.15, 0.2) is 59.5 Å². The number of hydrogen-bond acceptors (Lipinski definition) is 7. The fraction of sp³-hybridized carbons (Fsp3) is 0.333. The van der Waals surface area contributed by atoms with E-state index >= 15 is 0 Å². The number of sulfonamides is 1. The van der Waals surface area contributed by atoms with Gasteiger partial charge >= 0.3 is 0 Å². The van der Waals surface area contributed by atoms with Gasteiger partial charge in [0, 0.05) is 39.1 Å². The van der Waals surface area contributed by atoms with E-state index in [2.05, 4.69) is 20.2 Å². The lowest BCUT2D eigenvalue weighted by Crippen LogP contribution is -2.50. The zero-order valence-electron chi connectivity index (χ0n) is 17.8. The van der Waals surface area contributed by atoms with Crippen molar-refractivity contribution in [3.05, 3.63) is 60.2 Å². The number of tetrazole rings is 1. The van der Waals surface area contributed by atoms with E-state index in [1.807, 2.05) is 42.2 Å². The van der Waals surface area contributed by atoms with Crippen LogP contribution in [-0.4, -0.2) is 72.2 Å². The second-order valence-corrected chi connectivity index (χ2v) is 9.32. The summed E-state index contributed by atoms with van der Waals surface area (Å²) in [7, 11) is -3.63. The summed E-state index contributed by atoms with van der Waals surface area (Å²) in [4.78, 5) is 16.6. The monoisotopic (exact) mass is 455 g/mol. The number of carbonyl (C=O) groups excluding carboxylic acids is 1. The number of carbonyl (C=O) groups is 1. The van der Waals surface area contributed by atoms with Gasteiger partial charge in [0.2, 0.25) is 21.9 Å². The van der Waals surface area contributed by atoms with Crippen molar-refractivity contribution in [3.63, 3.8) is 0 Å². The van der Waals surface area contributed by atoms with Gasteiger partial charge in [-0.25, -0.2) is 13.1 Å². The first kappa shape index (κ1) is 21.9. The predicted molar refractivity (Wildman–Crippen MR) is 119 cm³/mol. The van der Waals surface area contributed by atoms with Gasteiger partial charge in [-0.2, -0.15) is 4.68 Å². The maximum absolute atomic E-state index is 12.6. The fourth-order valence-corrected chi connectivity index (χ4v) is 4.55. The molecule has 0 unspecified atom stereocenters. The van der Waals surface area contributed by atoms with E-state index in [9.17, 15) is 13.2 Å². The molecule has 11 heteroatoms. The molecule has 1 saturated heterocycles. The fourth-order valence-electron chi connectivity index (χ4n) is 3.52. The van der Waals surface area contributed by atoms with Crippen LogP contribution in [0.5, 0.6) is 0 Å². The molecule has 0 aliphatic carbocycles. The first-order chi connectivity index (χ1) is 15.4. The molecular formula is C21H25N7O3S. The van der Waals surface area contributed by atoms with Gasteiger partial charge in [0.1, 0.15) is 0 Å². The van der Waals surface area contributed by atoms with Gasteiger partial charge in [-0.15, -0.1) is 0 Å². The van der Waals surface area contributed by atoms with Crippen molar-refractivity contribution in [1.29, 1.82) is 0 Å². The molecule has 0 bridgehead atoms. The second kappa shape index (κ2) is 9.45. The molecule has 1 aliphatic rings. The molecule has 2 heterocycles. The van der Waals surface area contributed by atoms with E-state index in [-0.39, 0.29) is 23.8 Å². The van der Waals surface area contributed by atoms with Crippen LogP contribution in [0.3, 0.4) is 0 Å². The molecule has 1 aliphatic heterocycles. The van der Waals surface area contributed by atoms with Crippen LogP contribution >= 0.6 is 0 Å². The highest BCUT2D eigenvalue weighted by atomic mass is 32.2. The average molecular weight is 456 g/mol. The van der Waals surface area contributed by atoms with Crippen molar-refractivity contribution in [2.24, 2.45) is 0 Å². The van der Waals surface area contributed by atoms with Crippen LogP contribution in [0, 0.1) is 6.92 Å². The maximum Gasteiger partial charge on any atom is 0.250 e. The Bertz CT molecular complexity index is 1160. The zero-order valence-corrected chi connectivity index (χ0v) is 18.6. The third-order valence-electron chi connectivity index (χ3n) is 5.33. The predicted octanol–water partition coefficient (Wildman–Crippen LogP) is 0.988. The summed E-state index contributed by atoms with van der Waals surface area (Å²) in [6.45, 7) is 4.17. The molecule has 0 atom stereocenters. The minimum atomic E-state index is -3.63. The van der Waals surface area contributed by atoms with Crippen LogP contribution in [0.4, 0.5) is 5.95 Å². The lowest BCUT2D eigenvalue weighted by atomic mass is 10.2. The van der Waals surface area contributed by atoms with Gasteiger partial charge in [-0.1, -0.05) is 41.0 Å². The molecule has 0 saturated carbocycles. The van der Waals surface area contributed by atoms with E-state index in [1.165, 1.54) is 0 Å². The van der Waals surface area contributed by atoms with Crippen LogP contribution in [0.2, 0.25) is 0 Å². The summed E-state index contributed by atoms with van der Waals surface area (Å²) in [5, 5.41) is 12.0. The highest BCUT2D eigenvalue weighted by Crippen LogP contribution is 2.17. The number of piperazine rings is 1. The topological polar surface area (TPSA) is 113 Å². The number of aryl methyl sites for hydroxylation is 1. The van der Waals surface area contributed by atoms with Gasteiger partial charge < -0.3 is 9.80 Å². The third-order valence-corrected chi connectivity index (χ3v) is 6.81. The lowest BCUT2D eigenvalue weighted by Gasteiger charge is -2.34. The number of nitrogens with zero attached hydrogens (tertiary/aromatic N) is 6. The number of anilines is 1. The maximum atomic E-state index is 12.6. The number of hydrogen-bond donors (Lipinski definition) is 1.